The quantitative estimate of drug-likeness (QED) is 0.0698. The van der Waals surface area contributed by atoms with E-state index in [-0.39, 0.29) is 30.3 Å². The van der Waals surface area contributed by atoms with E-state index in [0.29, 0.717) is 5.56 Å². The molecule has 46 heavy (non-hydrogen) atoms. The van der Waals surface area contributed by atoms with Gasteiger partial charge in [0.25, 0.3) is 0 Å². The van der Waals surface area contributed by atoms with E-state index >= 15 is 0 Å². The molecule has 0 saturated carbocycles. The van der Waals surface area contributed by atoms with Crippen molar-refractivity contribution in [2.45, 2.75) is 201 Å². The van der Waals surface area contributed by atoms with Gasteiger partial charge in [0, 0.05) is 11.5 Å². The second-order valence-electron chi connectivity index (χ2n) is 12.2. The van der Waals surface area contributed by atoms with Crippen LogP contribution in [-0.4, -0.2) is 35.8 Å². The van der Waals surface area contributed by atoms with E-state index in [1.165, 1.54) is 128 Å². The van der Waals surface area contributed by atoms with Gasteiger partial charge in [-0.05, 0) is 24.8 Å². The molecule has 0 N–H and O–H groups in total. The summed E-state index contributed by atoms with van der Waals surface area (Å²) in [5.74, 6) is -1.98. The van der Waals surface area contributed by atoms with E-state index in [0.717, 1.165) is 44.1 Å². The van der Waals surface area contributed by atoms with Crippen molar-refractivity contribution in [3.8, 4) is 0 Å². The van der Waals surface area contributed by atoms with Gasteiger partial charge in [-0.25, -0.2) is 0 Å². The molecule has 5 heteroatoms. The summed E-state index contributed by atoms with van der Waals surface area (Å²) >= 11 is 0. The van der Waals surface area contributed by atoms with Crippen molar-refractivity contribution in [1.82, 2.24) is 0 Å². The average Bonchev–Trinajstić information content (AvgIpc) is 3.04. The molecule has 1 aromatic rings. The number of carboxylic acid groups (broad SMARTS) is 2. The number of benzene rings is 1. The third-order valence-electron chi connectivity index (χ3n) is 7.70. The van der Waals surface area contributed by atoms with Crippen LogP contribution < -0.4 is 10.2 Å². The van der Waals surface area contributed by atoms with Crippen molar-refractivity contribution in [2.75, 3.05) is 0 Å². The standard InChI is InChI=1S/C23H46O2.C10H12O2.2C4H9.Sn/c1-2-3-4-5-6-7-8-9-10-11-12-13-14-15-16-17-18-19-20-21-22-23(24)25;1-2-5-8-6-3-4-7-9(8)10(11)12;2*1-3-4-2;/h2-22H2,1H3,(H,24,25);3-4,6-7H,2,5H2,1H3,(H,11,12);2*1,3-4H2,2H3;/q;;;;+2/p-2. The Hall–Kier alpha value is -1.04. The molecule has 0 saturated heterocycles. The van der Waals surface area contributed by atoms with Crippen LogP contribution in [0.25, 0.3) is 0 Å². The summed E-state index contributed by atoms with van der Waals surface area (Å²) < 4.78 is 0. The number of aromatic carboxylic acids is 1. The Bertz CT molecular complexity index is 714. The van der Waals surface area contributed by atoms with Crippen LogP contribution in [0.5, 0.6) is 0 Å². The molecule has 266 valence electrons. The van der Waals surface area contributed by atoms with Gasteiger partial charge in [0.05, 0.1) is 5.97 Å². The zero-order valence-electron chi connectivity index (χ0n) is 30.9. The predicted molar refractivity (Wildman–Crippen MR) is 199 cm³/mol. The molecule has 0 spiro atoms. The Morgan fingerprint density at radius 2 is 0.848 bits per heavy atom. The first-order chi connectivity index (χ1) is 21.9. The van der Waals surface area contributed by atoms with Crippen molar-refractivity contribution in [3.05, 3.63) is 49.2 Å². The number of hydrogen-bond acceptors (Lipinski definition) is 4. The third kappa shape index (κ3) is 45.1. The van der Waals surface area contributed by atoms with E-state index in [9.17, 15) is 19.8 Å². The fourth-order valence-corrected chi connectivity index (χ4v) is 4.73. The zero-order chi connectivity index (χ0) is 34.2. The van der Waals surface area contributed by atoms with Gasteiger partial charge >= 0.3 is 23.9 Å². The SMILES string of the molecule is CCCCCCCCCCCCCCCCCCCCCCC(=O)[O-].CCCc1ccccc1C(=O)[O-].[CH2]CCC.[CH2]CCC.[Sn+2]. The number of carbonyl (C=O) groups excluding carboxylic acids is 2. The zero-order valence-corrected chi connectivity index (χ0v) is 33.8. The minimum Gasteiger partial charge on any atom is -0.550 e. The first-order valence-corrected chi connectivity index (χ1v) is 18.9. The van der Waals surface area contributed by atoms with Crippen molar-refractivity contribution in [1.29, 1.82) is 0 Å². The molecule has 0 unspecified atom stereocenters. The van der Waals surface area contributed by atoms with Gasteiger partial charge in [0.2, 0.25) is 0 Å². The Morgan fingerprint density at radius 3 is 1.13 bits per heavy atom. The Kier molecular flexibility index (Phi) is 51.9. The summed E-state index contributed by atoms with van der Waals surface area (Å²) in [5, 5.41) is 20.9. The van der Waals surface area contributed by atoms with Crippen LogP contribution in [0.1, 0.15) is 211 Å². The monoisotopic (exact) mass is 750 g/mol. The molecule has 0 bridgehead atoms. The molecule has 1 rings (SSSR count). The second-order valence-corrected chi connectivity index (χ2v) is 12.2. The first kappa shape index (κ1) is 51.8. The van der Waals surface area contributed by atoms with E-state index < -0.39 is 11.9 Å². The molecule has 0 amide bonds. The number of hydrogen-bond donors (Lipinski definition) is 0. The Balaban J connectivity index is -0.000000344. The summed E-state index contributed by atoms with van der Waals surface area (Å²) in [6.07, 6.45) is 33.5. The van der Waals surface area contributed by atoms with E-state index in [4.69, 9.17) is 0 Å². The van der Waals surface area contributed by atoms with E-state index in [1.807, 2.05) is 19.1 Å². The molecule has 4 radical (unpaired) electrons. The van der Waals surface area contributed by atoms with Gasteiger partial charge in [-0.1, -0.05) is 220 Å². The fourth-order valence-electron chi connectivity index (χ4n) is 4.73. The number of unbranched alkanes of at least 4 members (excludes halogenated alkanes) is 21. The van der Waals surface area contributed by atoms with E-state index in [1.54, 1.807) is 12.1 Å². The second kappa shape index (κ2) is 46.1. The summed E-state index contributed by atoms with van der Waals surface area (Å²) in [5.41, 5.74) is 1.18. The predicted octanol–water partition coefficient (Wildman–Crippen LogP) is 10.8. The van der Waals surface area contributed by atoms with Crippen LogP contribution in [0.4, 0.5) is 0 Å². The van der Waals surface area contributed by atoms with Gasteiger partial charge in [-0.3, -0.25) is 0 Å². The van der Waals surface area contributed by atoms with Crippen LogP contribution in [0.3, 0.4) is 0 Å². The summed E-state index contributed by atoms with van der Waals surface area (Å²) in [6, 6.07) is 6.97. The molecule has 0 aliphatic rings. The molecule has 0 aliphatic carbocycles. The summed E-state index contributed by atoms with van der Waals surface area (Å²) in [7, 11) is 0. The van der Waals surface area contributed by atoms with Crippen LogP contribution in [0.15, 0.2) is 24.3 Å². The summed E-state index contributed by atoms with van der Waals surface area (Å²) in [6.45, 7) is 15.7. The van der Waals surface area contributed by atoms with Crippen molar-refractivity contribution in [2.24, 2.45) is 0 Å². The van der Waals surface area contributed by atoms with Gasteiger partial charge in [0.1, 0.15) is 0 Å². The van der Waals surface area contributed by atoms with Crippen LogP contribution in [0.2, 0.25) is 0 Å². The average molecular weight is 750 g/mol. The molecule has 0 heterocycles. The Morgan fingerprint density at radius 1 is 0.522 bits per heavy atom. The van der Waals surface area contributed by atoms with Crippen molar-refractivity contribution >= 4 is 35.8 Å². The number of carboxylic acids is 2. The number of rotatable bonds is 26. The van der Waals surface area contributed by atoms with Gasteiger partial charge in [0.15, 0.2) is 0 Å². The molecular formula is C41H74O4Sn. The maximum atomic E-state index is 10.6. The van der Waals surface area contributed by atoms with Gasteiger partial charge < -0.3 is 19.8 Å². The smallest absolute Gasteiger partial charge is 0.550 e. The van der Waals surface area contributed by atoms with E-state index in [2.05, 4.69) is 34.6 Å². The third-order valence-corrected chi connectivity index (χ3v) is 7.70. The van der Waals surface area contributed by atoms with Gasteiger partial charge in [-0.2, -0.15) is 0 Å². The van der Waals surface area contributed by atoms with Gasteiger partial charge in [-0.15, -0.1) is 0 Å². The summed E-state index contributed by atoms with van der Waals surface area (Å²) in [4.78, 5) is 20.9. The molecule has 0 atom stereocenters. The number of aryl methyl sites for hydroxylation is 1. The largest absolute Gasteiger partial charge is 2.00 e. The fraction of sp³-hybridized carbons (Fsp3) is 0.756. The minimum atomic E-state index is -1.08. The molecule has 0 aliphatic heterocycles. The van der Waals surface area contributed by atoms with Crippen LogP contribution >= 0.6 is 0 Å². The van der Waals surface area contributed by atoms with Crippen molar-refractivity contribution in [3.63, 3.8) is 0 Å². The number of carbonyl (C=O) groups is 2. The first-order valence-electron chi connectivity index (χ1n) is 18.9. The number of aliphatic carboxylic acids is 1. The molecule has 0 aromatic heterocycles. The topological polar surface area (TPSA) is 80.3 Å². The van der Waals surface area contributed by atoms with Crippen LogP contribution in [-0.2, 0) is 11.2 Å². The molecule has 0 fully saturated rings. The molecule has 1 aromatic carbocycles. The van der Waals surface area contributed by atoms with Crippen LogP contribution in [0, 0.1) is 13.8 Å². The normalized spacial score (nSPS) is 9.87. The Labute approximate surface area is 304 Å². The minimum absolute atomic E-state index is 0. The van der Waals surface area contributed by atoms with Crippen molar-refractivity contribution < 1.29 is 19.8 Å². The maximum Gasteiger partial charge on any atom is 2.00 e. The molecule has 4 nitrogen and oxygen atoms in total. The maximum absolute atomic E-state index is 10.6. The molecular weight excluding hydrogens is 675 g/mol.